The maximum Gasteiger partial charge on any atom is 0.415 e. The van der Waals surface area contributed by atoms with Crippen LogP contribution >= 0.6 is 0 Å². The van der Waals surface area contributed by atoms with Crippen molar-refractivity contribution in [2.24, 2.45) is 0 Å². The highest BCUT2D eigenvalue weighted by molar-refractivity contribution is 5.90. The van der Waals surface area contributed by atoms with Crippen molar-refractivity contribution in [3.05, 3.63) is 59.8 Å². The number of piperidine rings is 1. The molecular weight excluding hydrogens is 402 g/mol. The van der Waals surface area contributed by atoms with Gasteiger partial charge in [-0.2, -0.15) is 10.4 Å². The Morgan fingerprint density at radius 1 is 1.16 bits per heavy atom. The van der Waals surface area contributed by atoms with Crippen LogP contribution in [-0.2, 0) is 11.3 Å². The standard InChI is InChI=1S/C25H27N5O2/c1-18(2)30-23-14-19(15-26)8-9-21(23)22(27-30)16-28-12-10-25(11-13-28)17-29(24(31)32-25)20-6-4-3-5-7-20/h3-9,14,18H,10-13,16-17H2,1-2H3. The highest BCUT2D eigenvalue weighted by atomic mass is 16.6. The monoisotopic (exact) mass is 429 g/mol. The van der Waals surface area contributed by atoms with Crippen molar-refractivity contribution in [2.45, 2.75) is 44.9 Å². The molecule has 164 valence electrons. The molecule has 1 amide bonds. The van der Waals surface area contributed by atoms with Crippen molar-refractivity contribution in [1.82, 2.24) is 14.7 Å². The molecule has 3 heterocycles. The van der Waals surface area contributed by atoms with Crippen molar-refractivity contribution in [3.8, 4) is 6.07 Å². The van der Waals surface area contributed by atoms with E-state index in [1.54, 1.807) is 4.90 Å². The number of amides is 1. The molecule has 0 radical (unpaired) electrons. The molecule has 1 spiro atoms. The first-order chi connectivity index (χ1) is 15.5. The first kappa shape index (κ1) is 20.5. The van der Waals surface area contributed by atoms with Crippen molar-refractivity contribution < 1.29 is 9.53 Å². The fraction of sp³-hybridized carbons (Fsp3) is 0.400. The number of ether oxygens (including phenoxy) is 1. The van der Waals surface area contributed by atoms with Crippen molar-refractivity contribution in [2.75, 3.05) is 24.5 Å². The SMILES string of the molecule is CC(C)n1nc(CN2CCC3(CC2)CN(c2ccccc2)C(=O)O3)c2ccc(C#N)cc21. The van der Waals surface area contributed by atoms with Crippen LogP contribution in [0.1, 0.15) is 44.0 Å². The molecule has 0 saturated carbocycles. The average molecular weight is 430 g/mol. The van der Waals surface area contributed by atoms with E-state index in [-0.39, 0.29) is 12.1 Å². The van der Waals surface area contributed by atoms with Gasteiger partial charge in [0.15, 0.2) is 0 Å². The Kier molecular flexibility index (Phi) is 5.10. The highest BCUT2D eigenvalue weighted by Gasteiger charge is 2.47. The number of nitriles is 1. The van der Waals surface area contributed by atoms with E-state index in [4.69, 9.17) is 9.84 Å². The third-order valence-electron chi connectivity index (χ3n) is 6.58. The molecule has 3 aromatic rings. The molecule has 0 atom stereocenters. The number of hydrogen-bond acceptors (Lipinski definition) is 5. The number of likely N-dealkylation sites (tertiary alicyclic amines) is 1. The topological polar surface area (TPSA) is 74.4 Å². The first-order valence-electron chi connectivity index (χ1n) is 11.2. The second-order valence-corrected chi connectivity index (χ2v) is 9.08. The third kappa shape index (κ3) is 3.61. The number of rotatable bonds is 4. The van der Waals surface area contributed by atoms with Crippen molar-refractivity contribution >= 4 is 22.7 Å². The van der Waals surface area contributed by atoms with Crippen molar-refractivity contribution in [3.63, 3.8) is 0 Å². The fourth-order valence-corrected chi connectivity index (χ4v) is 4.80. The lowest BCUT2D eigenvalue weighted by Gasteiger charge is -2.37. The second-order valence-electron chi connectivity index (χ2n) is 9.08. The summed E-state index contributed by atoms with van der Waals surface area (Å²) in [5.74, 6) is 0. The molecule has 32 heavy (non-hydrogen) atoms. The molecule has 0 unspecified atom stereocenters. The van der Waals surface area contributed by atoms with Crippen LogP contribution in [0.5, 0.6) is 0 Å². The van der Waals surface area contributed by atoms with Crippen LogP contribution in [0.15, 0.2) is 48.5 Å². The quantitative estimate of drug-likeness (QED) is 0.611. The molecule has 0 aliphatic carbocycles. The maximum absolute atomic E-state index is 12.5. The number of para-hydroxylation sites is 1. The van der Waals surface area contributed by atoms with Crippen LogP contribution in [0, 0.1) is 11.3 Å². The fourth-order valence-electron chi connectivity index (χ4n) is 4.80. The lowest BCUT2D eigenvalue weighted by Crippen LogP contribution is -2.46. The van der Waals surface area contributed by atoms with E-state index >= 15 is 0 Å². The third-order valence-corrected chi connectivity index (χ3v) is 6.58. The van der Waals surface area contributed by atoms with E-state index in [1.165, 1.54) is 0 Å². The zero-order chi connectivity index (χ0) is 22.3. The largest absolute Gasteiger partial charge is 0.441 e. The van der Waals surface area contributed by atoms with Crippen molar-refractivity contribution in [1.29, 1.82) is 5.26 Å². The van der Waals surface area contributed by atoms with E-state index in [2.05, 4.69) is 24.8 Å². The van der Waals surface area contributed by atoms with Crippen LogP contribution < -0.4 is 4.90 Å². The summed E-state index contributed by atoms with van der Waals surface area (Å²) in [4.78, 5) is 16.7. The van der Waals surface area contributed by atoms with Gasteiger partial charge in [0.05, 0.1) is 29.4 Å². The lowest BCUT2D eigenvalue weighted by atomic mass is 9.91. The first-order valence-corrected chi connectivity index (χ1v) is 11.2. The van der Waals surface area contributed by atoms with Gasteiger partial charge in [0.25, 0.3) is 0 Å². The number of carbonyl (C=O) groups excluding carboxylic acids is 1. The van der Waals surface area contributed by atoms with Gasteiger partial charge in [-0.15, -0.1) is 0 Å². The van der Waals surface area contributed by atoms with Gasteiger partial charge in [0, 0.05) is 49.6 Å². The highest BCUT2D eigenvalue weighted by Crippen LogP contribution is 2.36. The Bertz CT molecular complexity index is 1190. The van der Waals surface area contributed by atoms with Gasteiger partial charge in [-0.1, -0.05) is 18.2 Å². The summed E-state index contributed by atoms with van der Waals surface area (Å²) in [6.07, 6.45) is 1.37. The molecule has 2 aliphatic rings. The summed E-state index contributed by atoms with van der Waals surface area (Å²) in [5, 5.41) is 15.3. The second kappa shape index (κ2) is 7.95. The normalized spacial score (nSPS) is 18.4. The summed E-state index contributed by atoms with van der Waals surface area (Å²) >= 11 is 0. The summed E-state index contributed by atoms with van der Waals surface area (Å²) in [5.41, 5.74) is 3.16. The van der Waals surface area contributed by atoms with Gasteiger partial charge in [0.1, 0.15) is 5.60 Å². The van der Waals surface area contributed by atoms with Gasteiger partial charge in [-0.05, 0) is 44.2 Å². The summed E-state index contributed by atoms with van der Waals surface area (Å²) in [6.45, 7) is 7.25. The van der Waals surface area contributed by atoms with Crippen LogP contribution in [0.4, 0.5) is 10.5 Å². The Balaban J connectivity index is 1.30. The van der Waals surface area contributed by atoms with Gasteiger partial charge >= 0.3 is 6.09 Å². The zero-order valence-corrected chi connectivity index (χ0v) is 18.5. The zero-order valence-electron chi connectivity index (χ0n) is 18.5. The molecular formula is C25H27N5O2. The van der Waals surface area contributed by atoms with E-state index in [1.807, 2.05) is 53.2 Å². The molecule has 1 aromatic heterocycles. The minimum absolute atomic E-state index is 0.215. The Morgan fingerprint density at radius 3 is 2.59 bits per heavy atom. The van der Waals surface area contributed by atoms with E-state index in [0.29, 0.717) is 12.1 Å². The Hall–Kier alpha value is -3.37. The summed E-state index contributed by atoms with van der Waals surface area (Å²) < 4.78 is 7.90. The number of nitrogens with zero attached hydrogens (tertiary/aromatic N) is 5. The van der Waals surface area contributed by atoms with Gasteiger partial charge in [0.2, 0.25) is 0 Å². The van der Waals surface area contributed by atoms with Gasteiger partial charge in [-0.3, -0.25) is 14.5 Å². The molecule has 7 heteroatoms. The molecule has 0 bridgehead atoms. The molecule has 0 N–H and O–H groups in total. The van der Waals surface area contributed by atoms with E-state index < -0.39 is 5.60 Å². The van der Waals surface area contributed by atoms with Crippen LogP contribution in [0.25, 0.3) is 10.9 Å². The predicted octanol–water partition coefficient (Wildman–Crippen LogP) is 4.48. The molecule has 2 aromatic carbocycles. The molecule has 2 fully saturated rings. The smallest absolute Gasteiger partial charge is 0.415 e. The molecule has 2 aliphatic heterocycles. The maximum atomic E-state index is 12.5. The predicted molar refractivity (Wildman–Crippen MR) is 122 cm³/mol. The number of benzene rings is 2. The number of carbonyl (C=O) groups is 1. The average Bonchev–Trinajstić information content (AvgIpc) is 3.33. The number of anilines is 1. The van der Waals surface area contributed by atoms with E-state index in [0.717, 1.165) is 54.8 Å². The minimum atomic E-state index is -0.412. The van der Waals surface area contributed by atoms with Gasteiger partial charge in [-0.25, -0.2) is 4.79 Å². The Labute approximate surface area is 187 Å². The molecule has 5 rings (SSSR count). The van der Waals surface area contributed by atoms with Crippen LogP contribution in [-0.4, -0.2) is 46.0 Å². The lowest BCUT2D eigenvalue weighted by molar-refractivity contribution is -0.00119. The molecule has 2 saturated heterocycles. The van der Waals surface area contributed by atoms with Crippen LogP contribution in [0.3, 0.4) is 0 Å². The number of fused-ring (bicyclic) bond motifs is 1. The van der Waals surface area contributed by atoms with Gasteiger partial charge < -0.3 is 4.74 Å². The number of aromatic nitrogens is 2. The summed E-state index contributed by atoms with van der Waals surface area (Å²) in [6, 6.07) is 18.0. The minimum Gasteiger partial charge on any atom is -0.441 e. The molecule has 7 nitrogen and oxygen atoms in total. The Morgan fingerprint density at radius 2 is 1.91 bits per heavy atom. The van der Waals surface area contributed by atoms with E-state index in [9.17, 15) is 10.1 Å². The summed E-state index contributed by atoms with van der Waals surface area (Å²) in [7, 11) is 0. The number of hydrogen-bond donors (Lipinski definition) is 0. The van der Waals surface area contributed by atoms with Crippen LogP contribution in [0.2, 0.25) is 0 Å².